The number of aromatic nitrogens is 2. The molecule has 0 spiro atoms. The summed E-state index contributed by atoms with van der Waals surface area (Å²) in [6.45, 7) is 6.36. The monoisotopic (exact) mass is 451 g/mol. The predicted octanol–water partition coefficient (Wildman–Crippen LogP) is 5.48. The van der Waals surface area contributed by atoms with Gasteiger partial charge in [-0.1, -0.05) is 49.3 Å². The van der Waals surface area contributed by atoms with Gasteiger partial charge in [-0.25, -0.2) is 9.48 Å². The largest absolute Gasteiger partial charge is 0.366 e. The van der Waals surface area contributed by atoms with Crippen molar-refractivity contribution >= 4 is 27.6 Å². The van der Waals surface area contributed by atoms with Gasteiger partial charge in [-0.15, -0.1) is 0 Å². The van der Waals surface area contributed by atoms with Crippen LogP contribution in [0.3, 0.4) is 0 Å². The van der Waals surface area contributed by atoms with Crippen LogP contribution in [0.5, 0.6) is 0 Å². The van der Waals surface area contributed by atoms with Gasteiger partial charge in [0.15, 0.2) is 0 Å². The second-order valence-electron chi connectivity index (χ2n) is 8.07. The molecule has 5 nitrogen and oxygen atoms in total. The molecule has 0 saturated carbocycles. The smallest absolute Gasteiger partial charge is 0.312 e. The van der Waals surface area contributed by atoms with Crippen LogP contribution in [-0.2, 0) is 11.3 Å². The topological polar surface area (TPSA) is 56.5 Å². The summed E-state index contributed by atoms with van der Waals surface area (Å²) in [5.41, 5.74) is 5.16. The van der Waals surface area contributed by atoms with E-state index >= 15 is 0 Å². The molecule has 2 aromatic carbocycles. The third kappa shape index (κ3) is 3.90. The van der Waals surface area contributed by atoms with E-state index in [1.165, 1.54) is 0 Å². The maximum absolute atomic E-state index is 12.5. The lowest BCUT2D eigenvalue weighted by Crippen LogP contribution is -2.29. The minimum Gasteiger partial charge on any atom is -0.312 e. The lowest BCUT2D eigenvalue weighted by molar-refractivity contribution is 0.0512. The Morgan fingerprint density at radius 3 is 2.52 bits per heavy atom. The summed E-state index contributed by atoms with van der Waals surface area (Å²) in [7, 11) is 0. The molecular formula is C23H22BrN3O2. The molecule has 1 aliphatic carbocycles. The zero-order valence-corrected chi connectivity index (χ0v) is 18.2. The van der Waals surface area contributed by atoms with Crippen LogP contribution < -0.4 is 0 Å². The maximum Gasteiger partial charge on any atom is 0.366 e. The van der Waals surface area contributed by atoms with E-state index in [1.54, 1.807) is 18.2 Å². The van der Waals surface area contributed by atoms with Crippen molar-refractivity contribution in [1.29, 1.82) is 0 Å². The quantitative estimate of drug-likeness (QED) is 0.391. The highest BCUT2D eigenvalue weighted by atomic mass is 79.9. The maximum atomic E-state index is 12.5. The number of rotatable bonds is 3. The number of oxime groups is 1. The number of nitrogens with zero attached hydrogens (tertiary/aromatic N) is 3. The SMILES string of the molecule is Cc1nn(-c2ccccc2)c2c1/C(=N/OC(=O)c1ccccc1Br)CC(C)(C)C2. The van der Waals surface area contributed by atoms with Crippen molar-refractivity contribution in [2.45, 2.75) is 33.6 Å². The molecule has 29 heavy (non-hydrogen) atoms. The van der Waals surface area contributed by atoms with Crippen LogP contribution in [0.1, 0.15) is 47.6 Å². The van der Waals surface area contributed by atoms with Crippen molar-refractivity contribution in [3.05, 3.63) is 81.6 Å². The number of halogens is 1. The lowest BCUT2D eigenvalue weighted by Gasteiger charge is -2.30. The summed E-state index contributed by atoms with van der Waals surface area (Å²) in [4.78, 5) is 17.9. The average molecular weight is 452 g/mol. The molecule has 0 atom stereocenters. The second kappa shape index (κ2) is 7.59. The van der Waals surface area contributed by atoms with Crippen LogP contribution in [0.4, 0.5) is 0 Å². The third-order valence-corrected chi connectivity index (χ3v) is 5.76. The second-order valence-corrected chi connectivity index (χ2v) is 8.92. The van der Waals surface area contributed by atoms with Crippen molar-refractivity contribution in [3.8, 4) is 5.69 Å². The summed E-state index contributed by atoms with van der Waals surface area (Å²) < 4.78 is 2.67. The van der Waals surface area contributed by atoms with Crippen LogP contribution in [0, 0.1) is 12.3 Å². The normalized spacial score (nSPS) is 16.5. The number of hydrogen-bond donors (Lipinski definition) is 0. The van der Waals surface area contributed by atoms with Crippen molar-refractivity contribution in [3.63, 3.8) is 0 Å². The van der Waals surface area contributed by atoms with Gasteiger partial charge in [-0.3, -0.25) is 0 Å². The summed E-state index contributed by atoms with van der Waals surface area (Å²) in [6, 6.07) is 17.2. The van der Waals surface area contributed by atoms with E-state index in [2.05, 4.69) is 34.9 Å². The minimum atomic E-state index is -0.483. The van der Waals surface area contributed by atoms with Crippen LogP contribution >= 0.6 is 15.9 Å². The van der Waals surface area contributed by atoms with Crippen molar-refractivity contribution < 1.29 is 9.63 Å². The van der Waals surface area contributed by atoms with Gasteiger partial charge in [0.05, 0.1) is 28.4 Å². The highest BCUT2D eigenvalue weighted by Gasteiger charge is 2.35. The average Bonchev–Trinajstić information content (AvgIpc) is 3.02. The molecule has 0 aliphatic heterocycles. The van der Waals surface area contributed by atoms with Crippen LogP contribution in [-0.4, -0.2) is 21.5 Å². The number of hydrogen-bond acceptors (Lipinski definition) is 4. The zero-order valence-electron chi connectivity index (χ0n) is 16.6. The van der Waals surface area contributed by atoms with E-state index in [0.717, 1.165) is 34.8 Å². The van der Waals surface area contributed by atoms with Gasteiger partial charge in [-0.2, -0.15) is 5.10 Å². The fourth-order valence-corrected chi connectivity index (χ4v) is 4.25. The highest BCUT2D eigenvalue weighted by Crippen LogP contribution is 2.37. The summed E-state index contributed by atoms with van der Waals surface area (Å²) in [5, 5.41) is 9.06. The lowest BCUT2D eigenvalue weighted by atomic mass is 9.75. The Balaban J connectivity index is 1.73. The molecule has 1 aromatic heterocycles. The molecule has 0 amide bonds. The van der Waals surface area contributed by atoms with Gasteiger partial charge in [0.1, 0.15) is 0 Å². The Labute approximate surface area is 178 Å². The van der Waals surface area contributed by atoms with E-state index in [4.69, 9.17) is 9.94 Å². The van der Waals surface area contributed by atoms with Crippen molar-refractivity contribution in [2.24, 2.45) is 10.6 Å². The molecule has 1 heterocycles. The van der Waals surface area contributed by atoms with Gasteiger partial charge < -0.3 is 4.84 Å². The van der Waals surface area contributed by atoms with Gasteiger partial charge >= 0.3 is 5.97 Å². The first kappa shape index (κ1) is 19.6. The fraction of sp³-hybridized carbons (Fsp3) is 0.261. The molecule has 0 N–H and O–H groups in total. The van der Waals surface area contributed by atoms with E-state index in [9.17, 15) is 4.79 Å². The fourth-order valence-electron chi connectivity index (χ4n) is 3.80. The number of carbonyl (C=O) groups excluding carboxylic acids is 1. The molecule has 148 valence electrons. The van der Waals surface area contributed by atoms with Gasteiger partial charge in [0.2, 0.25) is 0 Å². The summed E-state index contributed by atoms with van der Waals surface area (Å²) in [6.07, 6.45) is 1.58. The molecule has 6 heteroatoms. The first-order chi connectivity index (χ1) is 13.9. The number of aryl methyl sites for hydroxylation is 1. The van der Waals surface area contributed by atoms with E-state index < -0.39 is 5.97 Å². The van der Waals surface area contributed by atoms with Crippen LogP contribution in [0.25, 0.3) is 5.69 Å². The Kier molecular flexibility index (Phi) is 5.13. The van der Waals surface area contributed by atoms with Crippen LogP contribution in [0.15, 0.2) is 64.2 Å². The number of para-hydroxylation sites is 1. The molecule has 0 radical (unpaired) electrons. The van der Waals surface area contributed by atoms with Crippen molar-refractivity contribution in [1.82, 2.24) is 9.78 Å². The number of fused-ring (bicyclic) bond motifs is 1. The van der Waals surface area contributed by atoms with E-state index in [-0.39, 0.29) is 5.41 Å². The van der Waals surface area contributed by atoms with Gasteiger partial charge in [-0.05, 0) is 65.4 Å². The molecular weight excluding hydrogens is 430 g/mol. The molecule has 1 aliphatic rings. The first-order valence-corrected chi connectivity index (χ1v) is 10.3. The van der Waals surface area contributed by atoms with Gasteiger partial charge in [0.25, 0.3) is 0 Å². The number of benzene rings is 2. The summed E-state index contributed by atoms with van der Waals surface area (Å²) in [5.74, 6) is -0.483. The molecule has 3 aromatic rings. The molecule has 4 rings (SSSR count). The molecule has 0 bridgehead atoms. The summed E-state index contributed by atoms with van der Waals surface area (Å²) >= 11 is 3.38. The predicted molar refractivity (Wildman–Crippen MR) is 116 cm³/mol. The number of carbonyl (C=O) groups is 1. The Hall–Kier alpha value is -2.73. The molecule has 0 unspecified atom stereocenters. The van der Waals surface area contributed by atoms with E-state index in [1.807, 2.05) is 48.0 Å². The third-order valence-electron chi connectivity index (χ3n) is 5.07. The Bertz CT molecular complexity index is 1100. The highest BCUT2D eigenvalue weighted by molar-refractivity contribution is 9.10. The van der Waals surface area contributed by atoms with Gasteiger partial charge in [0, 0.05) is 10.0 Å². The first-order valence-electron chi connectivity index (χ1n) is 9.53. The molecule has 0 saturated heterocycles. The Morgan fingerprint density at radius 2 is 1.79 bits per heavy atom. The standard InChI is InChI=1S/C23H22BrN3O2/c1-15-21-19(26-29-22(28)17-11-7-8-12-18(17)24)13-23(2,3)14-20(21)27(25-15)16-9-5-4-6-10-16/h4-12H,13-14H2,1-3H3/b26-19+. The zero-order chi connectivity index (χ0) is 20.6. The Morgan fingerprint density at radius 1 is 1.10 bits per heavy atom. The minimum absolute atomic E-state index is 0.0232. The van der Waals surface area contributed by atoms with Crippen LogP contribution in [0.2, 0.25) is 0 Å². The van der Waals surface area contributed by atoms with Crippen molar-refractivity contribution in [2.75, 3.05) is 0 Å². The van der Waals surface area contributed by atoms with E-state index in [0.29, 0.717) is 16.5 Å². The molecule has 0 fully saturated rings.